The van der Waals surface area contributed by atoms with E-state index in [1.165, 1.54) is 11.3 Å². The molecule has 0 atom stereocenters. The minimum absolute atomic E-state index is 0.349. The van der Waals surface area contributed by atoms with Crippen molar-refractivity contribution < 1.29 is 9.59 Å². The van der Waals surface area contributed by atoms with Crippen molar-refractivity contribution in [3.8, 4) is 10.4 Å². The smallest absolute Gasteiger partial charge is 0.317 e. The lowest BCUT2D eigenvalue weighted by atomic mass is 9.94. The van der Waals surface area contributed by atoms with E-state index >= 15 is 0 Å². The number of carbonyl (C=O) groups excluding carboxylic acids is 2. The fourth-order valence-corrected chi connectivity index (χ4v) is 4.92. The summed E-state index contributed by atoms with van der Waals surface area (Å²) >= 11 is 1.31. The SMILES string of the molecule is CN(C)c1ccc(Cn2cc3c(n2)CCc2c-3sc(NC(N)=O)c2C(N)=O)cc1. The van der Waals surface area contributed by atoms with E-state index in [-0.39, 0.29) is 0 Å². The van der Waals surface area contributed by atoms with E-state index in [2.05, 4.69) is 34.5 Å². The number of nitrogens with zero attached hydrogens (tertiary/aromatic N) is 3. The number of fused-ring (bicyclic) bond motifs is 3. The molecule has 0 aliphatic heterocycles. The third kappa shape index (κ3) is 3.56. The number of aromatic nitrogens is 2. The lowest BCUT2D eigenvalue weighted by Gasteiger charge is -2.12. The maximum Gasteiger partial charge on any atom is 0.317 e. The van der Waals surface area contributed by atoms with Crippen molar-refractivity contribution in [2.45, 2.75) is 19.4 Å². The van der Waals surface area contributed by atoms with Gasteiger partial charge in [0, 0.05) is 36.4 Å². The van der Waals surface area contributed by atoms with E-state index in [0.717, 1.165) is 32.9 Å². The largest absolute Gasteiger partial charge is 0.378 e. The van der Waals surface area contributed by atoms with E-state index < -0.39 is 11.9 Å². The molecule has 3 amide bonds. The highest BCUT2D eigenvalue weighted by Gasteiger charge is 2.29. The number of benzene rings is 1. The van der Waals surface area contributed by atoms with Gasteiger partial charge in [0.1, 0.15) is 5.00 Å². The number of primary amides is 2. The van der Waals surface area contributed by atoms with Crippen LogP contribution in [0.25, 0.3) is 10.4 Å². The molecule has 0 unspecified atom stereocenters. The van der Waals surface area contributed by atoms with E-state index in [0.29, 0.717) is 30.0 Å². The second kappa shape index (κ2) is 7.25. The Kier molecular flexibility index (Phi) is 4.75. The molecule has 0 spiro atoms. The van der Waals surface area contributed by atoms with Crippen molar-refractivity contribution in [1.29, 1.82) is 0 Å². The molecule has 0 fully saturated rings. The van der Waals surface area contributed by atoms with Crippen molar-refractivity contribution in [3.05, 3.63) is 52.8 Å². The average Bonchev–Trinajstić information content (AvgIpc) is 3.21. The number of hydrogen-bond acceptors (Lipinski definition) is 5. The van der Waals surface area contributed by atoms with Crippen LogP contribution in [0, 0.1) is 0 Å². The van der Waals surface area contributed by atoms with Crippen LogP contribution in [0.3, 0.4) is 0 Å². The minimum Gasteiger partial charge on any atom is -0.378 e. The molecule has 0 bridgehead atoms. The highest BCUT2D eigenvalue weighted by Crippen LogP contribution is 2.44. The van der Waals surface area contributed by atoms with E-state index in [4.69, 9.17) is 16.6 Å². The molecule has 3 aromatic rings. The van der Waals surface area contributed by atoms with Crippen LogP contribution in [0.4, 0.5) is 15.5 Å². The molecule has 1 aromatic carbocycles. The molecule has 5 N–H and O–H groups in total. The Bertz CT molecular complexity index is 1100. The van der Waals surface area contributed by atoms with E-state index in [1.54, 1.807) is 0 Å². The van der Waals surface area contributed by atoms with Crippen LogP contribution in [0.1, 0.15) is 27.2 Å². The Labute approximate surface area is 172 Å². The summed E-state index contributed by atoms with van der Waals surface area (Å²) in [4.78, 5) is 26.3. The number of anilines is 2. The van der Waals surface area contributed by atoms with Gasteiger partial charge in [0.25, 0.3) is 5.91 Å². The molecule has 2 heterocycles. The predicted molar refractivity (Wildman–Crippen MR) is 115 cm³/mol. The van der Waals surface area contributed by atoms with Gasteiger partial charge in [-0.3, -0.25) is 14.8 Å². The second-order valence-corrected chi connectivity index (χ2v) is 8.24. The number of nitrogens with one attached hydrogen (secondary N) is 1. The number of nitrogens with two attached hydrogens (primary N) is 2. The van der Waals surface area contributed by atoms with Crippen LogP contribution in [-0.4, -0.2) is 35.8 Å². The van der Waals surface area contributed by atoms with Gasteiger partial charge in [-0.1, -0.05) is 12.1 Å². The van der Waals surface area contributed by atoms with Gasteiger partial charge in [-0.2, -0.15) is 5.10 Å². The van der Waals surface area contributed by atoms with Crippen molar-refractivity contribution in [2.75, 3.05) is 24.3 Å². The number of hydrogen-bond donors (Lipinski definition) is 3. The first-order chi connectivity index (χ1) is 13.8. The van der Waals surface area contributed by atoms with E-state index in [1.807, 2.05) is 25.0 Å². The molecule has 1 aliphatic carbocycles. The first-order valence-corrected chi connectivity index (χ1v) is 10.00. The first-order valence-electron chi connectivity index (χ1n) is 9.18. The predicted octanol–water partition coefficient (Wildman–Crippen LogP) is 2.41. The zero-order valence-corrected chi connectivity index (χ0v) is 17.0. The van der Waals surface area contributed by atoms with Gasteiger partial charge >= 0.3 is 6.03 Å². The van der Waals surface area contributed by atoms with Crippen LogP contribution in [0.5, 0.6) is 0 Å². The van der Waals surface area contributed by atoms with Gasteiger partial charge in [-0.15, -0.1) is 11.3 Å². The fourth-order valence-electron chi connectivity index (χ4n) is 3.63. The molecule has 4 rings (SSSR count). The molecule has 150 valence electrons. The Morgan fingerprint density at radius 2 is 1.93 bits per heavy atom. The third-order valence-corrected chi connectivity index (χ3v) is 6.16. The van der Waals surface area contributed by atoms with Gasteiger partial charge in [-0.25, -0.2) is 4.79 Å². The number of amides is 3. The van der Waals surface area contributed by atoms with Crippen molar-refractivity contribution in [3.63, 3.8) is 0 Å². The highest BCUT2D eigenvalue weighted by atomic mass is 32.1. The van der Waals surface area contributed by atoms with Gasteiger partial charge in [0.15, 0.2) is 0 Å². The summed E-state index contributed by atoms with van der Waals surface area (Å²) in [6, 6.07) is 7.62. The zero-order valence-electron chi connectivity index (χ0n) is 16.2. The molecular formula is C20H22N6O2S. The first kappa shape index (κ1) is 19.0. The molecular weight excluding hydrogens is 388 g/mol. The van der Waals surface area contributed by atoms with E-state index in [9.17, 15) is 9.59 Å². The maximum absolute atomic E-state index is 12.0. The molecule has 1 aliphatic rings. The van der Waals surface area contributed by atoms with Crippen LogP contribution >= 0.6 is 11.3 Å². The number of carbonyl (C=O) groups is 2. The summed E-state index contributed by atoms with van der Waals surface area (Å²) in [5.74, 6) is -0.567. The van der Waals surface area contributed by atoms with Gasteiger partial charge < -0.3 is 16.4 Å². The van der Waals surface area contributed by atoms with Crippen LogP contribution in [0.2, 0.25) is 0 Å². The molecule has 2 aromatic heterocycles. The fraction of sp³-hybridized carbons (Fsp3) is 0.250. The molecule has 29 heavy (non-hydrogen) atoms. The Morgan fingerprint density at radius 1 is 1.21 bits per heavy atom. The Balaban J connectivity index is 1.67. The minimum atomic E-state index is -0.719. The second-order valence-electron chi connectivity index (χ2n) is 7.22. The lowest BCUT2D eigenvalue weighted by molar-refractivity contribution is 0.100. The molecule has 0 radical (unpaired) electrons. The number of rotatable bonds is 5. The third-order valence-electron chi connectivity index (χ3n) is 4.98. The van der Waals surface area contributed by atoms with Crippen LogP contribution < -0.4 is 21.7 Å². The normalized spacial score (nSPS) is 12.2. The van der Waals surface area contributed by atoms with Crippen LogP contribution in [0.15, 0.2) is 30.5 Å². The summed E-state index contributed by atoms with van der Waals surface area (Å²) in [6.45, 7) is 0.649. The van der Waals surface area contributed by atoms with Crippen molar-refractivity contribution in [2.24, 2.45) is 11.5 Å². The van der Waals surface area contributed by atoms with Gasteiger partial charge in [0.2, 0.25) is 0 Å². The molecule has 0 saturated carbocycles. The van der Waals surface area contributed by atoms with Gasteiger partial charge in [-0.05, 0) is 36.1 Å². The summed E-state index contributed by atoms with van der Waals surface area (Å²) in [7, 11) is 4.02. The quantitative estimate of drug-likeness (QED) is 0.598. The Hall–Kier alpha value is -3.33. The number of aryl methyl sites for hydroxylation is 1. The topological polar surface area (TPSA) is 119 Å². The molecule has 8 nitrogen and oxygen atoms in total. The maximum atomic E-state index is 12.0. The summed E-state index contributed by atoms with van der Waals surface area (Å²) < 4.78 is 1.91. The van der Waals surface area contributed by atoms with Crippen LogP contribution in [-0.2, 0) is 19.4 Å². The Morgan fingerprint density at radius 3 is 2.55 bits per heavy atom. The zero-order chi connectivity index (χ0) is 20.7. The van der Waals surface area contributed by atoms with Crippen molar-refractivity contribution >= 4 is 34.0 Å². The standard InChI is InChI=1S/C20H22N6O2S/c1-25(2)12-5-3-11(4-6-12)9-26-10-14-15(24-26)8-7-13-16(18(21)27)19(23-20(22)28)29-17(13)14/h3-6,10H,7-9H2,1-2H3,(H2,21,27)(H3,22,23,28). The number of urea groups is 1. The van der Waals surface area contributed by atoms with Gasteiger partial charge in [0.05, 0.1) is 17.8 Å². The summed E-state index contributed by atoms with van der Waals surface area (Å²) in [6.07, 6.45) is 3.34. The molecule has 0 saturated heterocycles. The highest BCUT2D eigenvalue weighted by molar-refractivity contribution is 7.20. The average molecular weight is 411 g/mol. The van der Waals surface area contributed by atoms with Crippen molar-refractivity contribution in [1.82, 2.24) is 9.78 Å². The number of thiophene rings is 1. The monoisotopic (exact) mass is 410 g/mol. The summed E-state index contributed by atoms with van der Waals surface area (Å²) in [5, 5.41) is 7.66. The molecule has 9 heteroatoms. The lowest BCUT2D eigenvalue weighted by Crippen LogP contribution is -2.22. The summed E-state index contributed by atoms with van der Waals surface area (Å²) in [5.41, 5.74) is 16.3.